The van der Waals surface area contributed by atoms with Gasteiger partial charge < -0.3 is 4.74 Å². The second-order valence-electron chi connectivity index (χ2n) is 5.53. The van der Waals surface area contributed by atoms with Gasteiger partial charge in [-0.3, -0.25) is 4.90 Å². The fourth-order valence-corrected chi connectivity index (χ4v) is 2.92. The number of aromatic amines is 1. The molecule has 0 spiro atoms. The third-order valence-electron chi connectivity index (χ3n) is 4.04. The summed E-state index contributed by atoms with van der Waals surface area (Å²) in [6, 6.07) is 17.0. The molecule has 7 heteroatoms. The van der Waals surface area contributed by atoms with E-state index in [9.17, 15) is 4.79 Å². The Bertz CT molecular complexity index is 835. The summed E-state index contributed by atoms with van der Waals surface area (Å²) in [6.07, 6.45) is 0.217. The van der Waals surface area contributed by atoms with Gasteiger partial charge in [0, 0.05) is 6.42 Å². The number of hydrogen-bond acceptors (Lipinski definition) is 5. The fourth-order valence-electron chi connectivity index (χ4n) is 2.92. The van der Waals surface area contributed by atoms with Crippen molar-refractivity contribution in [1.82, 2.24) is 20.6 Å². The minimum absolute atomic E-state index is 0.220. The van der Waals surface area contributed by atoms with E-state index in [2.05, 4.69) is 20.6 Å². The first-order chi connectivity index (χ1) is 11.8. The molecule has 24 heavy (non-hydrogen) atoms. The van der Waals surface area contributed by atoms with Gasteiger partial charge in [-0.05, 0) is 17.2 Å². The van der Waals surface area contributed by atoms with E-state index in [1.807, 2.05) is 54.6 Å². The number of H-pyrrole nitrogens is 1. The molecule has 1 aromatic heterocycles. The molecule has 1 aliphatic heterocycles. The SMILES string of the molecule is O=C(OCc1ccccc1)N1c2ccccc2C[C@H]1c1nn[nH]n1. The van der Waals surface area contributed by atoms with E-state index in [0.717, 1.165) is 16.8 Å². The second-order valence-corrected chi connectivity index (χ2v) is 5.53. The Morgan fingerprint density at radius 3 is 2.75 bits per heavy atom. The highest BCUT2D eigenvalue weighted by Crippen LogP contribution is 2.39. The van der Waals surface area contributed by atoms with E-state index < -0.39 is 6.09 Å². The number of para-hydroxylation sites is 1. The predicted molar refractivity (Wildman–Crippen MR) is 86.2 cm³/mol. The molecule has 1 amide bonds. The molecule has 7 nitrogen and oxygen atoms in total. The minimum atomic E-state index is -0.418. The summed E-state index contributed by atoms with van der Waals surface area (Å²) in [4.78, 5) is 14.3. The molecule has 4 rings (SSSR count). The maximum absolute atomic E-state index is 12.7. The number of hydrogen-bond donors (Lipinski definition) is 1. The van der Waals surface area contributed by atoms with Crippen LogP contribution < -0.4 is 4.90 Å². The van der Waals surface area contributed by atoms with Crippen molar-refractivity contribution in [2.24, 2.45) is 0 Å². The molecule has 1 atom stereocenters. The molecule has 1 N–H and O–H groups in total. The van der Waals surface area contributed by atoms with E-state index in [1.54, 1.807) is 4.90 Å². The van der Waals surface area contributed by atoms with E-state index >= 15 is 0 Å². The Kier molecular flexibility index (Phi) is 3.66. The molecular weight excluding hydrogens is 306 g/mol. The number of aromatic nitrogens is 4. The molecule has 2 aromatic carbocycles. The lowest BCUT2D eigenvalue weighted by atomic mass is 10.1. The Hall–Kier alpha value is -3.22. The zero-order chi connectivity index (χ0) is 16.4. The summed E-state index contributed by atoms with van der Waals surface area (Å²) in [5.41, 5.74) is 2.82. The number of amides is 1. The number of ether oxygens (including phenoxy) is 1. The first kappa shape index (κ1) is 14.4. The zero-order valence-corrected chi connectivity index (χ0v) is 12.8. The average molecular weight is 321 g/mol. The molecule has 3 aromatic rings. The highest BCUT2D eigenvalue weighted by atomic mass is 16.6. The number of anilines is 1. The van der Waals surface area contributed by atoms with Gasteiger partial charge in [-0.2, -0.15) is 5.21 Å². The summed E-state index contributed by atoms with van der Waals surface area (Å²) < 4.78 is 5.50. The molecule has 0 saturated heterocycles. The van der Waals surface area contributed by atoms with Crippen molar-refractivity contribution in [3.05, 3.63) is 71.5 Å². The van der Waals surface area contributed by atoms with Crippen molar-refractivity contribution >= 4 is 11.8 Å². The lowest BCUT2D eigenvalue weighted by molar-refractivity contribution is 0.145. The van der Waals surface area contributed by atoms with Crippen LogP contribution in [0, 0.1) is 0 Å². The van der Waals surface area contributed by atoms with Gasteiger partial charge in [-0.25, -0.2) is 4.79 Å². The van der Waals surface area contributed by atoms with Crippen LogP contribution in [0.4, 0.5) is 10.5 Å². The molecule has 0 radical (unpaired) electrons. The summed E-state index contributed by atoms with van der Waals surface area (Å²) in [5, 5.41) is 14.1. The number of carbonyl (C=O) groups is 1. The van der Waals surface area contributed by atoms with Gasteiger partial charge in [-0.15, -0.1) is 10.2 Å². The molecular formula is C17H15N5O2. The number of tetrazole rings is 1. The summed E-state index contributed by atoms with van der Waals surface area (Å²) in [6.45, 7) is 0.220. The third-order valence-corrected chi connectivity index (χ3v) is 4.04. The Morgan fingerprint density at radius 1 is 1.17 bits per heavy atom. The van der Waals surface area contributed by atoms with Gasteiger partial charge in [0.05, 0.1) is 5.69 Å². The summed E-state index contributed by atoms with van der Waals surface area (Å²) in [5.74, 6) is 0.475. The van der Waals surface area contributed by atoms with Crippen LogP contribution in [0.3, 0.4) is 0 Å². The van der Waals surface area contributed by atoms with Gasteiger partial charge in [0.15, 0.2) is 5.82 Å². The van der Waals surface area contributed by atoms with E-state index in [4.69, 9.17) is 4.74 Å². The standard InChI is InChI=1S/C17H15N5O2/c23-17(24-11-12-6-2-1-3-7-12)22-14-9-5-4-8-13(14)10-15(22)16-18-20-21-19-16/h1-9,15H,10-11H2,(H,18,19,20,21)/t15-/m0/s1. The minimum Gasteiger partial charge on any atom is -0.444 e. The quantitative estimate of drug-likeness (QED) is 0.801. The van der Waals surface area contributed by atoms with Crippen molar-refractivity contribution < 1.29 is 9.53 Å². The number of carbonyl (C=O) groups excluding carboxylic acids is 1. The number of rotatable bonds is 3. The highest BCUT2D eigenvalue weighted by Gasteiger charge is 2.38. The Morgan fingerprint density at radius 2 is 1.96 bits per heavy atom. The summed E-state index contributed by atoms with van der Waals surface area (Å²) in [7, 11) is 0. The van der Waals surface area contributed by atoms with Crippen LogP contribution in [0.2, 0.25) is 0 Å². The number of nitrogens with one attached hydrogen (secondary N) is 1. The lowest BCUT2D eigenvalue weighted by Crippen LogP contribution is -2.33. The maximum Gasteiger partial charge on any atom is 0.415 e. The third kappa shape index (κ3) is 2.60. The predicted octanol–water partition coefficient (Wildman–Crippen LogP) is 2.64. The molecule has 0 bridgehead atoms. The van der Waals surface area contributed by atoms with E-state index in [0.29, 0.717) is 12.2 Å². The van der Waals surface area contributed by atoms with Crippen molar-refractivity contribution in [1.29, 1.82) is 0 Å². The van der Waals surface area contributed by atoms with Crippen molar-refractivity contribution in [3.8, 4) is 0 Å². The van der Waals surface area contributed by atoms with Gasteiger partial charge in [-0.1, -0.05) is 53.7 Å². The van der Waals surface area contributed by atoms with Gasteiger partial charge in [0.2, 0.25) is 0 Å². The zero-order valence-electron chi connectivity index (χ0n) is 12.8. The number of nitrogens with zero attached hydrogens (tertiary/aromatic N) is 4. The molecule has 1 aliphatic rings. The van der Waals surface area contributed by atoms with E-state index in [-0.39, 0.29) is 12.6 Å². The van der Waals surface area contributed by atoms with Crippen LogP contribution in [0.1, 0.15) is 23.0 Å². The lowest BCUT2D eigenvalue weighted by Gasteiger charge is -2.22. The Balaban J connectivity index is 1.59. The van der Waals surface area contributed by atoms with E-state index in [1.165, 1.54) is 0 Å². The van der Waals surface area contributed by atoms with Crippen LogP contribution in [0.15, 0.2) is 54.6 Å². The normalized spacial score (nSPS) is 16.0. The Labute approximate surface area is 138 Å². The molecule has 120 valence electrons. The first-order valence-corrected chi connectivity index (χ1v) is 7.64. The molecule has 0 saturated carbocycles. The highest BCUT2D eigenvalue weighted by molar-refractivity contribution is 5.91. The van der Waals surface area contributed by atoms with Crippen LogP contribution >= 0.6 is 0 Å². The van der Waals surface area contributed by atoms with Crippen LogP contribution in [0.25, 0.3) is 0 Å². The van der Waals surface area contributed by atoms with Gasteiger partial charge in [0.25, 0.3) is 0 Å². The monoisotopic (exact) mass is 321 g/mol. The van der Waals surface area contributed by atoms with Crippen molar-refractivity contribution in [2.75, 3.05) is 4.90 Å². The van der Waals surface area contributed by atoms with Crippen LogP contribution in [-0.4, -0.2) is 26.7 Å². The second kappa shape index (κ2) is 6.11. The number of fused-ring (bicyclic) bond motifs is 1. The molecule has 2 heterocycles. The first-order valence-electron chi connectivity index (χ1n) is 7.64. The average Bonchev–Trinajstić information content (AvgIpc) is 3.27. The topological polar surface area (TPSA) is 84.0 Å². The van der Waals surface area contributed by atoms with Gasteiger partial charge >= 0.3 is 6.09 Å². The summed E-state index contributed by atoms with van der Waals surface area (Å²) >= 11 is 0. The fraction of sp³-hybridized carbons (Fsp3) is 0.176. The smallest absolute Gasteiger partial charge is 0.415 e. The van der Waals surface area contributed by atoms with Crippen molar-refractivity contribution in [2.45, 2.75) is 19.1 Å². The number of benzene rings is 2. The van der Waals surface area contributed by atoms with Crippen molar-refractivity contribution in [3.63, 3.8) is 0 Å². The van der Waals surface area contributed by atoms with Crippen LogP contribution in [0.5, 0.6) is 0 Å². The van der Waals surface area contributed by atoms with Gasteiger partial charge in [0.1, 0.15) is 12.6 Å². The molecule has 0 unspecified atom stereocenters. The largest absolute Gasteiger partial charge is 0.444 e. The maximum atomic E-state index is 12.7. The molecule has 0 aliphatic carbocycles. The molecule has 0 fully saturated rings. The van der Waals surface area contributed by atoms with Crippen LogP contribution in [-0.2, 0) is 17.8 Å².